The predicted molar refractivity (Wildman–Crippen MR) is 115 cm³/mol. The molecule has 0 radical (unpaired) electrons. The molecule has 0 N–H and O–H groups in total. The minimum absolute atomic E-state index is 0.115. The van der Waals surface area contributed by atoms with Crippen LogP contribution in [0.25, 0.3) is 11.5 Å². The molecule has 4 rings (SSSR count). The van der Waals surface area contributed by atoms with Crippen molar-refractivity contribution in [3.05, 3.63) is 57.0 Å². The Kier molecular flexibility index (Phi) is 5.90. The van der Waals surface area contributed by atoms with Crippen LogP contribution in [0.15, 0.2) is 61.3 Å². The van der Waals surface area contributed by atoms with Crippen LogP contribution in [0.5, 0.6) is 0 Å². The summed E-state index contributed by atoms with van der Waals surface area (Å²) in [6, 6.07) is 11.2. The van der Waals surface area contributed by atoms with E-state index in [4.69, 9.17) is 32.4 Å². The Morgan fingerprint density at radius 3 is 2.38 bits per heavy atom. The molecule has 0 bridgehead atoms. The lowest BCUT2D eigenvalue weighted by atomic mass is 10.2. The van der Waals surface area contributed by atoms with Gasteiger partial charge in [-0.05, 0) is 42.5 Å². The lowest BCUT2D eigenvalue weighted by molar-refractivity contribution is 0.120. The largest absolute Gasteiger partial charge is 0.419 e. The van der Waals surface area contributed by atoms with Crippen LogP contribution >= 0.6 is 39.1 Å². The zero-order valence-electron chi connectivity index (χ0n) is 14.9. The third-order valence-corrected chi connectivity index (χ3v) is 7.16. The molecule has 0 aliphatic carbocycles. The van der Waals surface area contributed by atoms with Crippen molar-refractivity contribution >= 4 is 54.9 Å². The molecule has 1 aliphatic rings. The van der Waals surface area contributed by atoms with E-state index in [2.05, 4.69) is 20.9 Å². The quantitative estimate of drug-likeness (QED) is 0.480. The minimum atomic E-state index is -3.92. The van der Waals surface area contributed by atoms with Crippen molar-refractivity contribution in [1.82, 2.24) is 4.98 Å². The van der Waals surface area contributed by atoms with Gasteiger partial charge in [0.15, 0.2) is 0 Å². The first-order valence-corrected chi connectivity index (χ1v) is 11.7. The van der Waals surface area contributed by atoms with Gasteiger partial charge in [0.25, 0.3) is 0 Å². The number of nitrogens with zero attached hydrogens (tertiary/aromatic N) is 2. The van der Waals surface area contributed by atoms with E-state index in [0.29, 0.717) is 41.9 Å². The van der Waals surface area contributed by atoms with Crippen LogP contribution in [-0.2, 0) is 14.6 Å². The van der Waals surface area contributed by atoms with Crippen LogP contribution in [0.1, 0.15) is 0 Å². The number of hydrogen-bond acceptors (Lipinski definition) is 6. The maximum Gasteiger partial charge on any atom is 0.236 e. The fraction of sp³-hybridized carbons (Fsp3) is 0.211. The number of halogens is 3. The molecule has 29 heavy (non-hydrogen) atoms. The first-order valence-electron chi connectivity index (χ1n) is 8.66. The molecule has 1 saturated heterocycles. The summed E-state index contributed by atoms with van der Waals surface area (Å²) in [6.45, 7) is 1.92. The van der Waals surface area contributed by atoms with Gasteiger partial charge in [-0.2, -0.15) is 4.98 Å². The van der Waals surface area contributed by atoms with Crippen molar-refractivity contribution in [2.75, 3.05) is 31.2 Å². The Hall–Kier alpha value is -1.58. The SMILES string of the molecule is O=S(=O)(c1ccc(Br)cc1)c1nc(-c2ccc(Cl)cc2Cl)oc1N1CCOCC1. The van der Waals surface area contributed by atoms with Gasteiger partial charge in [0.05, 0.1) is 28.7 Å². The summed E-state index contributed by atoms with van der Waals surface area (Å²) in [5.74, 6) is 0.293. The van der Waals surface area contributed by atoms with Gasteiger partial charge in [-0.15, -0.1) is 0 Å². The van der Waals surface area contributed by atoms with Gasteiger partial charge in [-0.25, -0.2) is 8.42 Å². The van der Waals surface area contributed by atoms with Crippen LogP contribution in [0.4, 0.5) is 5.88 Å². The zero-order chi connectivity index (χ0) is 20.6. The summed E-state index contributed by atoms with van der Waals surface area (Å²) in [4.78, 5) is 6.28. The minimum Gasteiger partial charge on any atom is -0.419 e. The summed E-state index contributed by atoms with van der Waals surface area (Å²) in [5, 5.41) is 0.629. The molecule has 3 aromatic rings. The fourth-order valence-electron chi connectivity index (χ4n) is 2.94. The number of hydrogen-bond donors (Lipinski definition) is 0. The van der Waals surface area contributed by atoms with Crippen molar-refractivity contribution in [3.8, 4) is 11.5 Å². The van der Waals surface area contributed by atoms with Crippen LogP contribution in [0.2, 0.25) is 10.0 Å². The number of anilines is 1. The molecule has 2 heterocycles. The first-order chi connectivity index (χ1) is 13.9. The molecule has 6 nitrogen and oxygen atoms in total. The summed E-state index contributed by atoms with van der Waals surface area (Å²) in [7, 11) is -3.92. The second-order valence-corrected chi connectivity index (χ2v) is 9.93. The molecule has 1 fully saturated rings. The van der Waals surface area contributed by atoms with Gasteiger partial charge in [0.2, 0.25) is 26.6 Å². The number of morpholine rings is 1. The van der Waals surface area contributed by atoms with Crippen molar-refractivity contribution < 1.29 is 17.6 Å². The molecule has 10 heteroatoms. The Labute approximate surface area is 186 Å². The Morgan fingerprint density at radius 2 is 1.72 bits per heavy atom. The maximum absolute atomic E-state index is 13.3. The Bertz CT molecular complexity index is 1140. The van der Waals surface area contributed by atoms with Crippen molar-refractivity contribution in [1.29, 1.82) is 0 Å². The van der Waals surface area contributed by atoms with E-state index in [1.807, 2.05) is 4.90 Å². The van der Waals surface area contributed by atoms with Crippen molar-refractivity contribution in [3.63, 3.8) is 0 Å². The predicted octanol–water partition coefficient (Wildman–Crippen LogP) is 5.08. The highest BCUT2D eigenvalue weighted by atomic mass is 79.9. The number of ether oxygens (including phenoxy) is 1. The van der Waals surface area contributed by atoms with E-state index in [1.54, 1.807) is 30.3 Å². The molecule has 0 spiro atoms. The first kappa shape index (κ1) is 20.7. The van der Waals surface area contributed by atoms with Gasteiger partial charge in [0, 0.05) is 22.6 Å². The number of oxazole rings is 1. The summed E-state index contributed by atoms with van der Waals surface area (Å²) in [5.41, 5.74) is 0.461. The lowest BCUT2D eigenvalue weighted by Gasteiger charge is -2.26. The number of benzene rings is 2. The second kappa shape index (κ2) is 8.28. The van der Waals surface area contributed by atoms with Gasteiger partial charge >= 0.3 is 0 Å². The smallest absolute Gasteiger partial charge is 0.236 e. The van der Waals surface area contributed by atoms with Crippen LogP contribution in [0, 0.1) is 0 Å². The summed E-state index contributed by atoms with van der Waals surface area (Å²) < 4.78 is 38.8. The van der Waals surface area contributed by atoms with E-state index >= 15 is 0 Å². The lowest BCUT2D eigenvalue weighted by Crippen LogP contribution is -2.36. The molecule has 1 aromatic heterocycles. The molecule has 152 valence electrons. The Balaban J connectivity index is 1.87. The van der Waals surface area contributed by atoms with Crippen LogP contribution < -0.4 is 4.90 Å². The van der Waals surface area contributed by atoms with Gasteiger partial charge in [-0.3, -0.25) is 0 Å². The summed E-state index contributed by atoms with van der Waals surface area (Å²) >= 11 is 15.6. The van der Waals surface area contributed by atoms with Gasteiger partial charge < -0.3 is 14.1 Å². The van der Waals surface area contributed by atoms with E-state index < -0.39 is 9.84 Å². The summed E-state index contributed by atoms with van der Waals surface area (Å²) in [6.07, 6.45) is 0. The number of rotatable bonds is 4. The molecule has 0 unspecified atom stereocenters. The molecule has 0 amide bonds. The highest BCUT2D eigenvalue weighted by Crippen LogP contribution is 2.38. The number of sulfone groups is 1. The highest BCUT2D eigenvalue weighted by molar-refractivity contribution is 9.10. The van der Waals surface area contributed by atoms with Crippen molar-refractivity contribution in [2.45, 2.75) is 9.92 Å². The zero-order valence-corrected chi connectivity index (χ0v) is 18.9. The highest BCUT2D eigenvalue weighted by Gasteiger charge is 2.32. The third-order valence-electron chi connectivity index (χ3n) is 4.42. The fourth-order valence-corrected chi connectivity index (χ4v) is 5.02. The van der Waals surface area contributed by atoms with Gasteiger partial charge in [0.1, 0.15) is 0 Å². The third kappa shape index (κ3) is 4.18. The van der Waals surface area contributed by atoms with E-state index in [9.17, 15) is 8.42 Å². The number of aromatic nitrogens is 1. The molecule has 0 saturated carbocycles. The normalized spacial score (nSPS) is 14.9. The molecule has 2 aromatic carbocycles. The Morgan fingerprint density at radius 1 is 1.03 bits per heavy atom. The standard InChI is InChI=1S/C19H15BrCl2N2O4S/c20-12-1-4-14(5-2-12)29(25,26)18-19(24-7-9-27-10-8-24)28-17(23-18)15-6-3-13(21)11-16(15)22/h1-6,11H,7-10H2. The topological polar surface area (TPSA) is 72.6 Å². The van der Waals surface area contributed by atoms with E-state index in [-0.39, 0.29) is 21.7 Å². The van der Waals surface area contributed by atoms with E-state index in [1.165, 1.54) is 12.1 Å². The monoisotopic (exact) mass is 516 g/mol. The van der Waals surface area contributed by atoms with Gasteiger partial charge in [-0.1, -0.05) is 39.1 Å². The van der Waals surface area contributed by atoms with Crippen LogP contribution in [0.3, 0.4) is 0 Å². The maximum atomic E-state index is 13.3. The average Bonchev–Trinajstić information content (AvgIpc) is 3.15. The van der Waals surface area contributed by atoms with E-state index in [0.717, 1.165) is 4.47 Å². The molecule has 1 aliphatic heterocycles. The molecular formula is C19H15BrCl2N2O4S. The average molecular weight is 518 g/mol. The molecule has 0 atom stereocenters. The van der Waals surface area contributed by atoms with Crippen molar-refractivity contribution in [2.24, 2.45) is 0 Å². The van der Waals surface area contributed by atoms with Crippen LogP contribution in [-0.4, -0.2) is 39.7 Å². The molecular weight excluding hydrogens is 503 g/mol. The second-order valence-electron chi connectivity index (χ2n) is 6.31.